The second-order valence-corrected chi connectivity index (χ2v) is 7.89. The average Bonchev–Trinajstić information content (AvgIpc) is 2.90. The summed E-state index contributed by atoms with van der Waals surface area (Å²) in [4.78, 5) is 6.88. The van der Waals surface area contributed by atoms with Gasteiger partial charge < -0.3 is 5.32 Å². The number of nitrogens with one attached hydrogen (secondary N) is 1. The molecule has 24 heavy (non-hydrogen) atoms. The summed E-state index contributed by atoms with van der Waals surface area (Å²) in [5.41, 5.74) is 3.01. The molecule has 1 heterocycles. The Morgan fingerprint density at radius 2 is 2.08 bits per heavy atom. The lowest BCUT2D eigenvalue weighted by atomic mass is 10.2. The normalized spacial score (nSPS) is 18.9. The quantitative estimate of drug-likeness (QED) is 0.704. The number of aryl methyl sites for hydroxylation is 1. The number of halogens is 1. The van der Waals surface area contributed by atoms with Crippen molar-refractivity contribution in [3.05, 3.63) is 59.1 Å². The molecular formula is C18H18ClN3S2. The maximum absolute atomic E-state index is 6.04. The lowest BCUT2D eigenvalue weighted by molar-refractivity contribution is 0.641. The molecule has 0 saturated carbocycles. The number of amidine groups is 1. The van der Waals surface area contributed by atoms with Crippen LogP contribution in [0.15, 0.2) is 53.5 Å². The van der Waals surface area contributed by atoms with Gasteiger partial charge in [-0.2, -0.15) is 0 Å². The Bertz CT molecular complexity index is 791. The third-order valence-corrected chi connectivity index (χ3v) is 5.26. The molecular weight excluding hydrogens is 358 g/mol. The second-order valence-electron chi connectivity index (χ2n) is 5.66. The number of aliphatic imine (C=N–C) groups is 1. The zero-order chi connectivity index (χ0) is 17.1. The predicted molar refractivity (Wildman–Crippen MR) is 110 cm³/mol. The van der Waals surface area contributed by atoms with E-state index >= 15 is 0 Å². The van der Waals surface area contributed by atoms with E-state index in [1.165, 1.54) is 0 Å². The number of para-hydroxylation sites is 1. The molecule has 0 radical (unpaired) electrons. The third-order valence-electron chi connectivity index (χ3n) is 3.63. The Hall–Kier alpha value is -1.56. The lowest BCUT2D eigenvalue weighted by Crippen LogP contribution is -2.36. The van der Waals surface area contributed by atoms with Crippen molar-refractivity contribution >= 4 is 57.2 Å². The van der Waals surface area contributed by atoms with Gasteiger partial charge in [0.1, 0.15) is 0 Å². The van der Waals surface area contributed by atoms with Gasteiger partial charge in [-0.15, -0.1) is 0 Å². The molecule has 1 aliphatic heterocycles. The Kier molecular flexibility index (Phi) is 5.43. The molecule has 2 aromatic carbocycles. The van der Waals surface area contributed by atoms with E-state index in [0.717, 1.165) is 28.7 Å². The molecule has 1 aliphatic rings. The van der Waals surface area contributed by atoms with Gasteiger partial charge in [-0.1, -0.05) is 54.6 Å². The molecule has 3 rings (SSSR count). The Morgan fingerprint density at radius 1 is 1.29 bits per heavy atom. The zero-order valence-corrected chi connectivity index (χ0v) is 15.9. The molecule has 0 spiro atoms. The number of anilines is 1. The van der Waals surface area contributed by atoms with E-state index in [0.29, 0.717) is 15.4 Å². The van der Waals surface area contributed by atoms with E-state index < -0.39 is 0 Å². The molecule has 1 fully saturated rings. The highest BCUT2D eigenvalue weighted by Gasteiger charge is 2.29. The maximum atomic E-state index is 6.04. The van der Waals surface area contributed by atoms with Crippen molar-refractivity contribution in [1.29, 1.82) is 0 Å². The number of hydrogen-bond donors (Lipinski definition) is 1. The minimum atomic E-state index is 0.437. The van der Waals surface area contributed by atoms with Gasteiger partial charge in [0.15, 0.2) is 10.3 Å². The average molecular weight is 376 g/mol. The topological polar surface area (TPSA) is 27.6 Å². The molecule has 1 atom stereocenters. The molecule has 0 bridgehead atoms. The van der Waals surface area contributed by atoms with Gasteiger partial charge in [-0.05, 0) is 49.0 Å². The summed E-state index contributed by atoms with van der Waals surface area (Å²) < 4.78 is 0. The number of thiocarbonyl (C=S) groups is 1. The number of benzene rings is 2. The fraction of sp³-hybridized carbons (Fsp3) is 0.222. The predicted octanol–water partition coefficient (Wildman–Crippen LogP) is 5.47. The third kappa shape index (κ3) is 4.09. The van der Waals surface area contributed by atoms with Crippen LogP contribution in [0.1, 0.15) is 12.5 Å². The van der Waals surface area contributed by atoms with Crippen LogP contribution in [0.5, 0.6) is 0 Å². The summed E-state index contributed by atoms with van der Waals surface area (Å²) in [6.07, 6.45) is 0. The van der Waals surface area contributed by atoms with Gasteiger partial charge >= 0.3 is 0 Å². The Labute approximate surface area is 157 Å². The minimum Gasteiger partial charge on any atom is -0.332 e. The summed E-state index contributed by atoms with van der Waals surface area (Å²) in [6, 6.07) is 15.7. The van der Waals surface area contributed by atoms with Crippen LogP contribution in [-0.4, -0.2) is 27.0 Å². The summed E-state index contributed by atoms with van der Waals surface area (Å²) in [7, 11) is 0. The molecule has 1 N–H and O–H groups in total. The van der Waals surface area contributed by atoms with Crippen molar-refractivity contribution in [2.75, 3.05) is 11.9 Å². The maximum Gasteiger partial charge on any atom is 0.179 e. The van der Waals surface area contributed by atoms with Crippen LogP contribution >= 0.6 is 35.6 Å². The number of thioether (sulfide) groups is 1. The highest BCUT2D eigenvalue weighted by atomic mass is 35.5. The van der Waals surface area contributed by atoms with Crippen LogP contribution in [0.3, 0.4) is 0 Å². The van der Waals surface area contributed by atoms with E-state index in [2.05, 4.69) is 30.1 Å². The summed E-state index contributed by atoms with van der Waals surface area (Å²) >= 11 is 13.4. The number of hydrogen-bond acceptors (Lipinski definition) is 3. The Morgan fingerprint density at radius 3 is 2.83 bits per heavy atom. The first-order valence-corrected chi connectivity index (χ1v) is 9.34. The summed E-state index contributed by atoms with van der Waals surface area (Å²) in [5.74, 6) is 0. The minimum absolute atomic E-state index is 0.437. The van der Waals surface area contributed by atoms with Crippen LogP contribution in [0, 0.1) is 6.92 Å². The summed E-state index contributed by atoms with van der Waals surface area (Å²) in [5, 5.41) is 5.94. The van der Waals surface area contributed by atoms with Crippen LogP contribution in [0.25, 0.3) is 0 Å². The van der Waals surface area contributed by atoms with E-state index in [-0.39, 0.29) is 0 Å². The van der Waals surface area contributed by atoms with Crippen molar-refractivity contribution in [2.24, 2.45) is 4.99 Å². The van der Waals surface area contributed by atoms with Crippen molar-refractivity contribution in [1.82, 2.24) is 4.90 Å². The van der Waals surface area contributed by atoms with Crippen LogP contribution < -0.4 is 5.32 Å². The highest BCUT2D eigenvalue weighted by Crippen LogP contribution is 2.30. The zero-order valence-electron chi connectivity index (χ0n) is 13.5. The molecule has 1 saturated heterocycles. The fourth-order valence-corrected chi connectivity index (χ4v) is 3.98. The largest absolute Gasteiger partial charge is 0.332 e. The van der Waals surface area contributed by atoms with Gasteiger partial charge in [0.05, 0.1) is 5.69 Å². The van der Waals surface area contributed by atoms with E-state index in [1.54, 1.807) is 11.8 Å². The molecule has 124 valence electrons. The highest BCUT2D eigenvalue weighted by molar-refractivity contribution is 8.14. The fourth-order valence-electron chi connectivity index (χ4n) is 2.42. The monoisotopic (exact) mass is 375 g/mol. The van der Waals surface area contributed by atoms with Gasteiger partial charge in [0.2, 0.25) is 0 Å². The SMILES string of the molecule is Cc1ccccc1/N=C1/SC(C)CN1C(=S)Nc1cccc(Cl)c1. The van der Waals surface area contributed by atoms with E-state index in [9.17, 15) is 0 Å². The van der Waals surface area contributed by atoms with Crippen molar-refractivity contribution in [2.45, 2.75) is 19.1 Å². The first kappa shape index (κ1) is 17.3. The summed E-state index contributed by atoms with van der Waals surface area (Å²) in [6.45, 7) is 5.08. The second kappa shape index (κ2) is 7.55. The Balaban J connectivity index is 1.82. The molecule has 0 amide bonds. The smallest absolute Gasteiger partial charge is 0.179 e. The van der Waals surface area contributed by atoms with Crippen molar-refractivity contribution in [3.8, 4) is 0 Å². The molecule has 1 unspecified atom stereocenters. The van der Waals surface area contributed by atoms with E-state index in [4.69, 9.17) is 28.8 Å². The van der Waals surface area contributed by atoms with Gasteiger partial charge in [-0.25, -0.2) is 4.99 Å². The first-order chi connectivity index (χ1) is 11.5. The number of rotatable bonds is 2. The van der Waals surface area contributed by atoms with E-state index in [1.807, 2.05) is 42.5 Å². The van der Waals surface area contributed by atoms with Gasteiger partial charge in [-0.3, -0.25) is 4.90 Å². The van der Waals surface area contributed by atoms with Crippen molar-refractivity contribution < 1.29 is 0 Å². The number of nitrogens with zero attached hydrogens (tertiary/aromatic N) is 2. The molecule has 0 aliphatic carbocycles. The van der Waals surface area contributed by atoms with Crippen LogP contribution in [0.4, 0.5) is 11.4 Å². The molecule has 0 aromatic heterocycles. The van der Waals surface area contributed by atoms with Crippen molar-refractivity contribution in [3.63, 3.8) is 0 Å². The van der Waals surface area contributed by atoms with Crippen LogP contribution in [-0.2, 0) is 0 Å². The van der Waals surface area contributed by atoms with Gasteiger partial charge in [0, 0.05) is 22.5 Å². The van der Waals surface area contributed by atoms with Crippen LogP contribution in [0.2, 0.25) is 5.02 Å². The molecule has 6 heteroatoms. The molecule has 2 aromatic rings. The van der Waals surface area contributed by atoms with Gasteiger partial charge in [0.25, 0.3) is 0 Å². The standard InChI is InChI=1S/C18H18ClN3S2/c1-12-6-3-4-9-16(12)21-18-22(11-13(2)24-18)17(23)20-15-8-5-7-14(19)10-15/h3-10,13H,11H2,1-2H3,(H,20,23)/b21-18+. The lowest BCUT2D eigenvalue weighted by Gasteiger charge is -2.20. The first-order valence-electron chi connectivity index (χ1n) is 7.68. The molecule has 3 nitrogen and oxygen atoms in total.